The van der Waals surface area contributed by atoms with Crippen LogP contribution >= 0.6 is 23.2 Å². The van der Waals surface area contributed by atoms with Crippen molar-refractivity contribution < 1.29 is 13.2 Å². The molecular formula is C22H32Cl2N4O3S. The lowest BCUT2D eigenvalue weighted by molar-refractivity contribution is 0.278. The van der Waals surface area contributed by atoms with E-state index in [9.17, 15) is 8.42 Å². The summed E-state index contributed by atoms with van der Waals surface area (Å²) in [7, 11) is -1.67. The Balaban J connectivity index is 0.00000121. The minimum atomic E-state index is -3.47. The van der Waals surface area contributed by atoms with Gasteiger partial charge < -0.3 is 4.74 Å². The monoisotopic (exact) mass is 502 g/mol. The van der Waals surface area contributed by atoms with Gasteiger partial charge in [-0.25, -0.2) is 13.1 Å². The van der Waals surface area contributed by atoms with E-state index in [1.807, 2.05) is 40.7 Å². The van der Waals surface area contributed by atoms with Gasteiger partial charge in [-0.05, 0) is 12.5 Å². The maximum Gasteiger partial charge on any atom is 0.212 e. The van der Waals surface area contributed by atoms with Crippen LogP contribution in [0.4, 0.5) is 0 Å². The minimum absolute atomic E-state index is 0.154. The summed E-state index contributed by atoms with van der Waals surface area (Å²) < 4.78 is 33.5. The molecule has 0 spiro atoms. The summed E-state index contributed by atoms with van der Waals surface area (Å²) in [4.78, 5) is 0.154. The third-order valence-electron chi connectivity index (χ3n) is 4.23. The molecule has 0 aliphatic carbocycles. The summed E-state index contributed by atoms with van der Waals surface area (Å²) in [6.45, 7) is 10.4. The molecule has 0 radical (unpaired) electrons. The van der Waals surface area contributed by atoms with Crippen LogP contribution in [0.15, 0.2) is 35.5 Å². The van der Waals surface area contributed by atoms with Crippen LogP contribution in [0.3, 0.4) is 0 Å². The molecule has 0 atom stereocenters. The normalized spacial score (nSPS) is 10.7. The second-order valence-corrected chi connectivity index (χ2v) is 9.18. The molecule has 3 aromatic rings. The van der Waals surface area contributed by atoms with Crippen molar-refractivity contribution in [1.82, 2.24) is 19.6 Å². The summed E-state index contributed by atoms with van der Waals surface area (Å²) in [6, 6.07) is 5.07. The summed E-state index contributed by atoms with van der Waals surface area (Å²) in [5, 5.41) is 9.24. The number of benzene rings is 1. The standard InChI is InChI=1S/C18H20Cl2N4O3S.2C2H6/c1-4-14-7-17(23(2)22-14)27-11-12-5-6-16(28(3,25)26)15(18(12)20)10-24-9-13(19)8-21-24;2*1-2/h5-9H,4,10-11H2,1-3H3;2*1-2H3. The number of nitrogens with zero attached hydrogens (tertiary/aromatic N) is 4. The first-order valence-corrected chi connectivity index (χ1v) is 13.2. The Morgan fingerprint density at radius 2 is 1.78 bits per heavy atom. The maximum absolute atomic E-state index is 12.2. The molecule has 1 aromatic carbocycles. The maximum atomic E-state index is 12.2. The van der Waals surface area contributed by atoms with Crippen LogP contribution in [0.1, 0.15) is 51.4 Å². The number of hydrogen-bond acceptors (Lipinski definition) is 5. The van der Waals surface area contributed by atoms with Gasteiger partial charge in [0.1, 0.15) is 6.61 Å². The second-order valence-electron chi connectivity index (χ2n) is 6.38. The fourth-order valence-electron chi connectivity index (χ4n) is 2.81. The van der Waals surface area contributed by atoms with Gasteiger partial charge in [0.15, 0.2) is 9.84 Å². The molecule has 0 fully saturated rings. The average molecular weight is 503 g/mol. The molecule has 0 bridgehead atoms. The van der Waals surface area contributed by atoms with E-state index in [2.05, 4.69) is 10.2 Å². The zero-order chi connectivity index (χ0) is 24.5. The van der Waals surface area contributed by atoms with Gasteiger partial charge in [0.05, 0.1) is 33.4 Å². The number of ether oxygens (including phenoxy) is 1. The number of halogens is 2. The SMILES string of the molecule is CC.CC.CCc1cc(OCc2ccc(S(C)(=O)=O)c(Cn3cc(Cl)cn3)c2Cl)n(C)n1. The Hall–Kier alpha value is -2.03. The molecule has 32 heavy (non-hydrogen) atoms. The first-order valence-electron chi connectivity index (χ1n) is 10.5. The second kappa shape index (κ2) is 12.9. The number of sulfone groups is 1. The third kappa shape index (κ3) is 7.25. The van der Waals surface area contributed by atoms with Gasteiger partial charge in [0.2, 0.25) is 5.88 Å². The molecular weight excluding hydrogens is 471 g/mol. The predicted molar refractivity (Wildman–Crippen MR) is 131 cm³/mol. The van der Waals surface area contributed by atoms with E-state index in [0.29, 0.717) is 27.1 Å². The fraction of sp³-hybridized carbons (Fsp3) is 0.455. The zero-order valence-corrected chi connectivity index (χ0v) is 22.0. The highest BCUT2D eigenvalue weighted by Gasteiger charge is 2.20. The van der Waals surface area contributed by atoms with Gasteiger partial charge in [-0.2, -0.15) is 10.2 Å². The highest BCUT2D eigenvalue weighted by atomic mass is 35.5. The molecule has 0 saturated heterocycles. The third-order valence-corrected chi connectivity index (χ3v) is 6.07. The smallest absolute Gasteiger partial charge is 0.212 e. The number of rotatable bonds is 7. The number of aryl methyl sites for hydroxylation is 2. The lowest BCUT2D eigenvalue weighted by Crippen LogP contribution is -2.10. The summed E-state index contributed by atoms with van der Waals surface area (Å²) in [6.07, 6.45) is 5.04. The van der Waals surface area contributed by atoms with Crippen molar-refractivity contribution in [3.8, 4) is 5.88 Å². The van der Waals surface area contributed by atoms with Crippen molar-refractivity contribution in [3.05, 3.63) is 57.5 Å². The van der Waals surface area contributed by atoms with E-state index in [-0.39, 0.29) is 18.0 Å². The van der Waals surface area contributed by atoms with Crippen molar-refractivity contribution in [2.75, 3.05) is 6.26 Å². The molecule has 0 N–H and O–H groups in total. The van der Waals surface area contributed by atoms with Crippen LogP contribution < -0.4 is 4.74 Å². The molecule has 3 rings (SSSR count). The van der Waals surface area contributed by atoms with Crippen LogP contribution in [0.25, 0.3) is 0 Å². The Morgan fingerprint density at radius 1 is 1.12 bits per heavy atom. The van der Waals surface area contributed by atoms with E-state index in [1.165, 1.54) is 10.9 Å². The molecule has 178 valence electrons. The van der Waals surface area contributed by atoms with Gasteiger partial charge in [-0.15, -0.1) is 0 Å². The van der Waals surface area contributed by atoms with Crippen molar-refractivity contribution in [1.29, 1.82) is 0 Å². The van der Waals surface area contributed by atoms with Crippen LogP contribution in [0, 0.1) is 0 Å². The topological polar surface area (TPSA) is 79.0 Å². The minimum Gasteiger partial charge on any atom is -0.473 e. The van der Waals surface area contributed by atoms with E-state index < -0.39 is 9.84 Å². The highest BCUT2D eigenvalue weighted by Crippen LogP contribution is 2.30. The van der Waals surface area contributed by atoms with Gasteiger partial charge in [0.25, 0.3) is 0 Å². The number of hydrogen-bond donors (Lipinski definition) is 0. The molecule has 2 heterocycles. The molecule has 2 aromatic heterocycles. The number of aromatic nitrogens is 4. The summed E-state index contributed by atoms with van der Waals surface area (Å²) >= 11 is 12.5. The molecule has 10 heteroatoms. The largest absolute Gasteiger partial charge is 0.473 e. The lowest BCUT2D eigenvalue weighted by atomic mass is 10.1. The van der Waals surface area contributed by atoms with Crippen LogP contribution in [0.2, 0.25) is 10.0 Å². The predicted octanol–water partition coefficient (Wildman–Crippen LogP) is 5.57. The molecule has 0 aliphatic rings. The lowest BCUT2D eigenvalue weighted by Gasteiger charge is -2.15. The van der Waals surface area contributed by atoms with Crippen LogP contribution in [0.5, 0.6) is 5.88 Å². The highest BCUT2D eigenvalue weighted by molar-refractivity contribution is 7.90. The van der Waals surface area contributed by atoms with E-state index in [0.717, 1.165) is 18.4 Å². The van der Waals surface area contributed by atoms with Crippen molar-refractivity contribution >= 4 is 33.0 Å². The van der Waals surface area contributed by atoms with Gasteiger partial charge in [0, 0.05) is 36.7 Å². The van der Waals surface area contributed by atoms with E-state index in [1.54, 1.807) is 30.1 Å². The van der Waals surface area contributed by atoms with Crippen molar-refractivity contribution in [2.45, 2.75) is 59.1 Å². The quantitative estimate of drug-likeness (QED) is 0.421. The Kier molecular flexibility index (Phi) is 11.3. The van der Waals surface area contributed by atoms with Crippen molar-refractivity contribution in [3.63, 3.8) is 0 Å². The zero-order valence-electron chi connectivity index (χ0n) is 19.7. The van der Waals surface area contributed by atoms with Crippen LogP contribution in [-0.2, 0) is 36.5 Å². The Morgan fingerprint density at radius 3 is 2.28 bits per heavy atom. The fourth-order valence-corrected chi connectivity index (χ4v) is 4.23. The molecule has 0 saturated carbocycles. The summed E-state index contributed by atoms with van der Waals surface area (Å²) in [5.41, 5.74) is 2.04. The molecule has 0 aliphatic heterocycles. The average Bonchev–Trinajstić information content (AvgIpc) is 3.35. The van der Waals surface area contributed by atoms with Gasteiger partial charge in [-0.3, -0.25) is 4.68 Å². The summed E-state index contributed by atoms with van der Waals surface area (Å²) in [5.74, 6) is 0.612. The van der Waals surface area contributed by atoms with E-state index >= 15 is 0 Å². The Labute approximate surface area is 201 Å². The van der Waals surface area contributed by atoms with Crippen molar-refractivity contribution in [2.24, 2.45) is 7.05 Å². The Bertz CT molecular complexity index is 1110. The molecule has 7 nitrogen and oxygen atoms in total. The molecule has 0 amide bonds. The molecule has 0 unspecified atom stereocenters. The van der Waals surface area contributed by atoms with E-state index in [4.69, 9.17) is 27.9 Å². The first kappa shape index (κ1) is 28.0. The van der Waals surface area contributed by atoms with Gasteiger partial charge in [-0.1, -0.05) is 63.9 Å². The van der Waals surface area contributed by atoms with Gasteiger partial charge >= 0.3 is 0 Å². The van der Waals surface area contributed by atoms with Crippen LogP contribution in [-0.4, -0.2) is 34.2 Å². The first-order chi connectivity index (χ1) is 15.2.